The van der Waals surface area contributed by atoms with Crippen LogP contribution in [0.5, 0.6) is 0 Å². The Balaban J connectivity index is 1.46. The van der Waals surface area contributed by atoms with Gasteiger partial charge in [-0.2, -0.15) is 0 Å². The average Bonchev–Trinajstić information content (AvgIpc) is 3.33. The fourth-order valence-corrected chi connectivity index (χ4v) is 4.95. The van der Waals surface area contributed by atoms with Crippen LogP contribution in [0.2, 0.25) is 0 Å². The van der Waals surface area contributed by atoms with E-state index < -0.39 is 42.0 Å². The molecule has 5 atom stereocenters. The molecule has 2 heterocycles. The highest BCUT2D eigenvalue weighted by Crippen LogP contribution is 2.42. The van der Waals surface area contributed by atoms with Crippen LogP contribution in [0, 0.1) is 0 Å². The summed E-state index contributed by atoms with van der Waals surface area (Å²) in [4.78, 5) is 0. The van der Waals surface area contributed by atoms with Crippen LogP contribution < -0.4 is 5.73 Å². The van der Waals surface area contributed by atoms with Gasteiger partial charge >= 0.3 is 0 Å². The fraction of sp³-hybridized carbons (Fsp3) is 0.357. The van der Waals surface area contributed by atoms with Crippen molar-refractivity contribution in [2.24, 2.45) is 5.73 Å². The summed E-state index contributed by atoms with van der Waals surface area (Å²) in [5.41, 5.74) is 8.62. The Morgan fingerprint density at radius 2 is 1.32 bits per heavy atom. The Hall–Kier alpha value is -2.58. The third-order valence-corrected chi connectivity index (χ3v) is 6.51. The summed E-state index contributed by atoms with van der Waals surface area (Å²) in [5, 5.41) is 10.9. The Morgan fingerprint density at radius 3 is 1.76 bits per heavy atom. The Bertz CT molecular complexity index is 979. The van der Waals surface area contributed by atoms with E-state index in [4.69, 9.17) is 24.7 Å². The van der Waals surface area contributed by atoms with Crippen molar-refractivity contribution in [3.8, 4) is 0 Å². The predicted octanol–water partition coefficient (Wildman–Crippen LogP) is 3.56. The largest absolute Gasteiger partial charge is 0.387 e. The number of aliphatic hydroxyl groups excluding tert-OH is 1. The number of hydrogen-bond acceptors (Lipinski definition) is 6. The third kappa shape index (κ3) is 4.18. The molecule has 0 unspecified atom stereocenters. The maximum atomic E-state index is 10.9. The maximum absolute atomic E-state index is 10.9. The molecule has 178 valence electrons. The van der Waals surface area contributed by atoms with E-state index in [2.05, 4.69) is 36.4 Å². The van der Waals surface area contributed by atoms with Crippen molar-refractivity contribution < 1.29 is 24.1 Å². The summed E-state index contributed by atoms with van der Waals surface area (Å²) in [6.45, 7) is 3.74. The van der Waals surface area contributed by atoms with E-state index in [0.717, 1.165) is 16.7 Å². The van der Waals surface area contributed by atoms with Gasteiger partial charge in [-0.1, -0.05) is 91.0 Å². The number of nitrogens with two attached hydrogens (primary N) is 1. The monoisotopic (exact) mass is 461 g/mol. The van der Waals surface area contributed by atoms with Crippen LogP contribution in [0.4, 0.5) is 0 Å². The summed E-state index contributed by atoms with van der Waals surface area (Å²) in [7, 11) is 0. The van der Waals surface area contributed by atoms with Gasteiger partial charge in [0.2, 0.25) is 0 Å². The normalized spacial score (nSPS) is 26.8. The number of rotatable bonds is 7. The Labute approximate surface area is 200 Å². The van der Waals surface area contributed by atoms with E-state index in [0.29, 0.717) is 0 Å². The molecule has 2 aliphatic heterocycles. The molecule has 0 aliphatic carbocycles. The zero-order chi connectivity index (χ0) is 23.8. The van der Waals surface area contributed by atoms with E-state index >= 15 is 0 Å². The van der Waals surface area contributed by atoms with Gasteiger partial charge in [-0.05, 0) is 30.5 Å². The fourth-order valence-electron chi connectivity index (χ4n) is 4.95. The molecule has 0 aromatic heterocycles. The molecule has 0 radical (unpaired) electrons. The lowest BCUT2D eigenvalue weighted by molar-refractivity contribution is -0.218. The first-order valence-corrected chi connectivity index (χ1v) is 11.7. The number of aliphatic hydroxyl groups is 1. The van der Waals surface area contributed by atoms with Crippen molar-refractivity contribution in [2.45, 2.75) is 55.9 Å². The van der Waals surface area contributed by atoms with Gasteiger partial charge in [0.05, 0.1) is 12.6 Å². The first-order chi connectivity index (χ1) is 16.4. The summed E-state index contributed by atoms with van der Waals surface area (Å²) >= 11 is 0. The van der Waals surface area contributed by atoms with Crippen LogP contribution in [0.3, 0.4) is 0 Å². The van der Waals surface area contributed by atoms with Crippen LogP contribution >= 0.6 is 0 Å². The average molecular weight is 462 g/mol. The van der Waals surface area contributed by atoms with Gasteiger partial charge < -0.3 is 29.8 Å². The Kier molecular flexibility index (Phi) is 6.29. The van der Waals surface area contributed by atoms with Crippen LogP contribution in [0.15, 0.2) is 91.0 Å². The molecule has 2 saturated heterocycles. The molecule has 0 amide bonds. The van der Waals surface area contributed by atoms with Crippen LogP contribution in [0.1, 0.15) is 30.5 Å². The van der Waals surface area contributed by atoms with E-state index in [1.54, 1.807) is 13.8 Å². The van der Waals surface area contributed by atoms with Crippen molar-refractivity contribution in [1.29, 1.82) is 0 Å². The lowest BCUT2D eigenvalue weighted by Gasteiger charge is -2.37. The molecule has 6 heteroatoms. The SMILES string of the molecule is CC1(C)O[C@H]2O[C@@H]([C@@H](N)COC(c3ccccc3)(c3ccccc3)c3ccccc3)[C@H](O)[C@@H]2O1. The highest BCUT2D eigenvalue weighted by Gasteiger charge is 2.55. The second kappa shape index (κ2) is 9.23. The van der Waals surface area contributed by atoms with Crippen LogP contribution in [-0.2, 0) is 24.5 Å². The van der Waals surface area contributed by atoms with E-state index in [1.165, 1.54) is 0 Å². The molecular weight excluding hydrogens is 430 g/mol. The quantitative estimate of drug-likeness (QED) is 0.524. The number of fused-ring (bicyclic) bond motifs is 1. The smallest absolute Gasteiger partial charge is 0.190 e. The van der Waals surface area contributed by atoms with Crippen molar-refractivity contribution in [2.75, 3.05) is 6.61 Å². The molecule has 3 aromatic carbocycles. The van der Waals surface area contributed by atoms with E-state index in [-0.39, 0.29) is 6.61 Å². The van der Waals surface area contributed by atoms with Gasteiger partial charge in [-0.3, -0.25) is 0 Å². The number of hydrogen-bond donors (Lipinski definition) is 2. The standard InChI is InChI=1S/C28H31NO5/c1-27(2)33-25-23(30)24(32-26(25)34-27)22(29)18-31-28(19-12-6-3-7-13-19,20-14-8-4-9-15-20)21-16-10-5-11-17-21/h3-17,22-26,30H,18,29H2,1-2H3/t22-,23-,24-,25-,26+/m0/s1. The van der Waals surface area contributed by atoms with Gasteiger partial charge in [0.15, 0.2) is 12.1 Å². The highest BCUT2D eigenvalue weighted by atomic mass is 16.8. The van der Waals surface area contributed by atoms with Gasteiger partial charge in [-0.25, -0.2) is 0 Å². The summed E-state index contributed by atoms with van der Waals surface area (Å²) in [6, 6.07) is 29.7. The first-order valence-electron chi connectivity index (χ1n) is 11.7. The Morgan fingerprint density at radius 1 is 0.853 bits per heavy atom. The molecule has 2 aliphatic rings. The van der Waals surface area contributed by atoms with Crippen molar-refractivity contribution in [3.63, 3.8) is 0 Å². The van der Waals surface area contributed by atoms with Gasteiger partial charge in [0.25, 0.3) is 0 Å². The molecule has 0 spiro atoms. The van der Waals surface area contributed by atoms with Gasteiger partial charge in [0, 0.05) is 0 Å². The predicted molar refractivity (Wildman–Crippen MR) is 128 cm³/mol. The molecule has 2 fully saturated rings. The molecular formula is C28H31NO5. The van der Waals surface area contributed by atoms with Gasteiger partial charge in [-0.15, -0.1) is 0 Å². The number of benzene rings is 3. The molecule has 3 N–H and O–H groups in total. The van der Waals surface area contributed by atoms with E-state index in [9.17, 15) is 5.11 Å². The summed E-state index contributed by atoms with van der Waals surface area (Å²) in [6.07, 6.45) is -2.81. The lowest BCUT2D eigenvalue weighted by atomic mass is 9.80. The highest BCUT2D eigenvalue weighted by molar-refractivity contribution is 5.47. The topological polar surface area (TPSA) is 83.2 Å². The minimum absolute atomic E-state index is 0.142. The maximum Gasteiger partial charge on any atom is 0.190 e. The summed E-state index contributed by atoms with van der Waals surface area (Å²) in [5.74, 6) is -0.801. The van der Waals surface area contributed by atoms with Crippen LogP contribution in [0.25, 0.3) is 0 Å². The third-order valence-electron chi connectivity index (χ3n) is 6.51. The first kappa shape index (κ1) is 23.2. The second-order valence-corrected chi connectivity index (χ2v) is 9.31. The minimum Gasteiger partial charge on any atom is -0.387 e. The minimum atomic E-state index is -0.912. The molecule has 5 rings (SSSR count). The van der Waals surface area contributed by atoms with Crippen molar-refractivity contribution in [3.05, 3.63) is 108 Å². The molecule has 6 nitrogen and oxygen atoms in total. The molecule has 34 heavy (non-hydrogen) atoms. The zero-order valence-electron chi connectivity index (χ0n) is 19.4. The molecule has 0 saturated carbocycles. The van der Waals surface area contributed by atoms with Crippen molar-refractivity contribution in [1.82, 2.24) is 0 Å². The lowest BCUT2D eigenvalue weighted by Crippen LogP contribution is -2.49. The van der Waals surface area contributed by atoms with Crippen molar-refractivity contribution >= 4 is 0 Å². The second-order valence-electron chi connectivity index (χ2n) is 9.31. The number of ether oxygens (including phenoxy) is 4. The van der Waals surface area contributed by atoms with E-state index in [1.807, 2.05) is 54.6 Å². The molecule has 3 aromatic rings. The van der Waals surface area contributed by atoms with Gasteiger partial charge in [0.1, 0.15) is 23.9 Å². The summed E-state index contributed by atoms with van der Waals surface area (Å²) < 4.78 is 24.4. The zero-order valence-corrected chi connectivity index (χ0v) is 19.4. The van der Waals surface area contributed by atoms with Crippen LogP contribution in [-0.4, -0.2) is 48.1 Å². The molecule has 0 bridgehead atoms.